The Morgan fingerprint density at radius 1 is 1.00 bits per heavy atom. The van der Waals surface area contributed by atoms with Gasteiger partial charge in [0.15, 0.2) is 0 Å². The Morgan fingerprint density at radius 2 is 1.78 bits per heavy atom. The highest BCUT2D eigenvalue weighted by atomic mass is 79.9. The number of amides is 4. The number of hydrogen-bond acceptors (Lipinski definition) is 10. The minimum Gasteiger partial charge on any atom is -0.494 e. The highest BCUT2D eigenvalue weighted by molar-refractivity contribution is 9.10. The zero-order chi connectivity index (χ0) is 51.5. The molecule has 15 nitrogen and oxygen atoms in total. The van der Waals surface area contributed by atoms with Crippen molar-refractivity contribution in [3.8, 4) is 5.75 Å². The maximum Gasteiger partial charge on any atom is 0.281 e. The van der Waals surface area contributed by atoms with Crippen molar-refractivity contribution in [1.82, 2.24) is 29.9 Å². The number of unbranched alkanes of at least 4 members (excludes halogenated alkanes) is 1. The van der Waals surface area contributed by atoms with Crippen LogP contribution in [0.25, 0.3) is 16.5 Å². The first-order chi connectivity index (χ1) is 35.0. The lowest BCUT2D eigenvalue weighted by atomic mass is 9.79. The second-order valence-electron chi connectivity index (χ2n) is 21.5. The van der Waals surface area contributed by atoms with E-state index in [-0.39, 0.29) is 29.7 Å². The molecule has 1 aliphatic carbocycles. The van der Waals surface area contributed by atoms with Crippen LogP contribution in [0.5, 0.6) is 5.75 Å². The number of anilines is 2. The fourth-order valence-electron chi connectivity index (χ4n) is 12.2. The number of aryl methyl sites for hydroxylation is 1. The highest BCUT2D eigenvalue weighted by Crippen LogP contribution is 2.49. The Labute approximate surface area is 446 Å². The predicted molar refractivity (Wildman–Crippen MR) is 287 cm³/mol. The lowest BCUT2D eigenvalue weighted by Crippen LogP contribution is -2.71. The molecule has 6 atom stereocenters. The van der Waals surface area contributed by atoms with Gasteiger partial charge in [0.25, 0.3) is 11.8 Å². The number of aliphatic hydroxyl groups is 1. The number of H-pyrrole nitrogens is 1. The van der Waals surface area contributed by atoms with Crippen LogP contribution in [0.1, 0.15) is 82.9 Å². The number of nitrogens with zero attached hydrogens (tertiary/aromatic N) is 5. The van der Waals surface area contributed by atoms with Gasteiger partial charge < -0.3 is 35.3 Å². The molecule has 4 aromatic rings. The molecule has 73 heavy (non-hydrogen) atoms. The summed E-state index contributed by atoms with van der Waals surface area (Å²) in [6, 6.07) is 16.6. The number of ether oxygens (including phenoxy) is 2. The highest BCUT2D eigenvalue weighted by Gasteiger charge is 2.72. The van der Waals surface area contributed by atoms with E-state index in [1.54, 1.807) is 18.7 Å². The minimum atomic E-state index is -2.01. The molecular formula is C55H67BrCl2N8O7. The van der Waals surface area contributed by atoms with Crippen molar-refractivity contribution in [3.63, 3.8) is 0 Å². The SMILES string of the molecule is CC(C)C[C@H]1C(=O)N2CCC[C@H]2[C@]2(O)O[C@](NC(=O)[C@@H]3C=C4c5cccc6[nH]c(Br)c(c56)C[C@H]4N(C)C3)(C(C)C)C(=O)N12.O=C1CCc2ccc(OCCCCN3CCN(c4cccc(Cl)c4Cl)CC3)cc2N1. The van der Waals surface area contributed by atoms with Crippen LogP contribution in [0, 0.1) is 17.8 Å². The maximum absolute atomic E-state index is 14.4. The van der Waals surface area contributed by atoms with Crippen molar-refractivity contribution in [2.75, 3.05) is 69.7 Å². The lowest BCUT2D eigenvalue weighted by Gasteiger charge is -2.49. The van der Waals surface area contributed by atoms with Gasteiger partial charge in [-0.05, 0) is 127 Å². The molecule has 1 aromatic heterocycles. The standard InChI is InChI=1S/C32H40BrN5O5.C23H27Cl2N3O2/c1-16(2)12-24-29(40)37-11-7-10-25(37)32(42)38(24)30(41)31(43-32,17(3)4)35-28(39)18-13-20-19-8-6-9-22-26(19)21(27(33)34-22)14-23(20)36(5)15-18;24-19-4-3-5-21(23(19)25)28-13-11-27(12-14-28)10-1-2-15-30-18-8-6-17-7-9-22(29)26-20(17)16-18/h6,8-9,13,16-18,23-25,34,42H,7,10-12,14-15H2,1-5H3,(H,35,39);3-6,8,16H,1-2,7,9-15H2,(H,26,29)/t18-,23-,24+,25+,31-,32+;/m1./s1. The Hall–Kier alpha value is -4.68. The first-order valence-electron chi connectivity index (χ1n) is 26.0. The number of hydrogen-bond donors (Lipinski definition) is 4. The van der Waals surface area contributed by atoms with Gasteiger partial charge in [-0.1, -0.05) is 81.2 Å². The molecule has 0 saturated carbocycles. The topological polar surface area (TPSA) is 163 Å². The zero-order valence-electron chi connectivity index (χ0n) is 42.3. The van der Waals surface area contributed by atoms with Crippen LogP contribution in [0.3, 0.4) is 0 Å². The van der Waals surface area contributed by atoms with Crippen LogP contribution in [-0.2, 0) is 36.8 Å². The Balaban J connectivity index is 0.000000179. The molecule has 4 amide bonds. The quantitative estimate of drug-likeness (QED) is 0.102. The number of benzene rings is 3. The molecule has 7 heterocycles. The number of fused-ring (bicyclic) bond motifs is 6. The van der Waals surface area contributed by atoms with Gasteiger partial charge in [0.1, 0.15) is 17.8 Å². The van der Waals surface area contributed by atoms with Gasteiger partial charge >= 0.3 is 0 Å². The number of aromatic amines is 1. The molecular weight excluding hydrogens is 1040 g/mol. The zero-order valence-corrected chi connectivity index (χ0v) is 45.4. The third-order valence-corrected chi connectivity index (χ3v) is 17.5. The number of nitrogens with one attached hydrogen (secondary N) is 3. The Bertz CT molecular complexity index is 2830. The van der Waals surface area contributed by atoms with Gasteiger partial charge in [-0.25, -0.2) is 0 Å². The summed E-state index contributed by atoms with van der Waals surface area (Å²) in [7, 11) is 2.03. The van der Waals surface area contributed by atoms with Crippen molar-refractivity contribution >= 4 is 90.6 Å². The average molecular weight is 1100 g/mol. The molecule has 6 aliphatic heterocycles. The fraction of sp³-hybridized carbons (Fsp3) is 0.527. The Kier molecular flexibility index (Phi) is 14.8. The summed E-state index contributed by atoms with van der Waals surface area (Å²) in [5.74, 6) is -3.11. The monoisotopic (exact) mass is 1100 g/mol. The number of likely N-dealkylation sites (N-methyl/N-ethyl adjacent to an activating group) is 1. The fourth-order valence-corrected chi connectivity index (χ4v) is 13.2. The van der Waals surface area contributed by atoms with Crippen LogP contribution in [0.15, 0.2) is 65.3 Å². The number of carbonyl (C=O) groups excluding carboxylic acids is 4. The van der Waals surface area contributed by atoms with Gasteiger partial charge in [0.2, 0.25) is 23.4 Å². The number of halogens is 3. The number of aromatic nitrogens is 1. The van der Waals surface area contributed by atoms with Crippen LogP contribution in [-0.4, -0.2) is 143 Å². The van der Waals surface area contributed by atoms with Gasteiger partial charge in [-0.2, -0.15) is 0 Å². The normalized spacial score (nSPS) is 26.8. The van der Waals surface area contributed by atoms with Gasteiger partial charge in [-0.3, -0.25) is 38.6 Å². The summed E-state index contributed by atoms with van der Waals surface area (Å²) in [5, 5.41) is 20.5. The van der Waals surface area contributed by atoms with Crippen molar-refractivity contribution in [2.45, 2.75) is 109 Å². The molecule has 11 rings (SSSR count). The lowest BCUT2D eigenvalue weighted by molar-refractivity contribution is -0.322. The van der Waals surface area contributed by atoms with Gasteiger partial charge in [0, 0.05) is 80.3 Å². The molecule has 7 aliphatic rings. The first-order valence-corrected chi connectivity index (χ1v) is 27.6. The molecule has 18 heteroatoms. The molecule has 4 N–H and O–H groups in total. The summed E-state index contributed by atoms with van der Waals surface area (Å²) in [5.41, 5.74) is 5.77. The second kappa shape index (κ2) is 20.8. The van der Waals surface area contributed by atoms with E-state index in [1.165, 1.54) is 21.4 Å². The minimum absolute atomic E-state index is 0.0809. The molecule has 3 aromatic carbocycles. The Morgan fingerprint density at radius 3 is 2.55 bits per heavy atom. The first kappa shape index (κ1) is 51.8. The molecule has 0 unspecified atom stereocenters. The van der Waals surface area contributed by atoms with Crippen LogP contribution in [0.4, 0.5) is 11.4 Å². The molecule has 0 bridgehead atoms. The van der Waals surface area contributed by atoms with E-state index < -0.39 is 41.5 Å². The van der Waals surface area contributed by atoms with Crippen LogP contribution >= 0.6 is 39.1 Å². The molecule has 0 radical (unpaired) electrons. The maximum atomic E-state index is 14.4. The van der Waals surface area contributed by atoms with Gasteiger partial charge in [0.05, 0.1) is 32.9 Å². The van der Waals surface area contributed by atoms with Crippen LogP contribution < -0.4 is 20.3 Å². The van der Waals surface area contributed by atoms with Crippen molar-refractivity contribution in [2.24, 2.45) is 17.8 Å². The smallest absolute Gasteiger partial charge is 0.281 e. The molecule has 4 fully saturated rings. The van der Waals surface area contributed by atoms with E-state index in [2.05, 4.69) is 64.4 Å². The predicted octanol–water partition coefficient (Wildman–Crippen LogP) is 8.05. The largest absolute Gasteiger partial charge is 0.494 e. The van der Waals surface area contributed by atoms with E-state index in [0.717, 1.165) is 103 Å². The summed E-state index contributed by atoms with van der Waals surface area (Å²) in [6.45, 7) is 14.3. The summed E-state index contributed by atoms with van der Waals surface area (Å²) >= 11 is 16.2. The van der Waals surface area contributed by atoms with Gasteiger partial charge in [-0.15, -0.1) is 0 Å². The van der Waals surface area contributed by atoms with Crippen molar-refractivity contribution < 1.29 is 33.8 Å². The van der Waals surface area contributed by atoms with Crippen LogP contribution in [0.2, 0.25) is 10.0 Å². The van der Waals surface area contributed by atoms with E-state index >= 15 is 0 Å². The molecule has 4 saturated heterocycles. The number of carbonyl (C=O) groups is 4. The average Bonchev–Trinajstić information content (AvgIpc) is 4.07. The third-order valence-electron chi connectivity index (χ3n) is 16.0. The van der Waals surface area contributed by atoms with E-state index in [9.17, 15) is 24.3 Å². The second-order valence-corrected chi connectivity index (χ2v) is 23.1. The summed E-state index contributed by atoms with van der Waals surface area (Å²) in [4.78, 5) is 67.1. The summed E-state index contributed by atoms with van der Waals surface area (Å²) in [6.07, 6.45) is 7.95. The van der Waals surface area contributed by atoms with E-state index in [4.69, 9.17) is 32.7 Å². The van der Waals surface area contributed by atoms with E-state index in [1.807, 2.05) is 63.4 Å². The third kappa shape index (κ3) is 9.67. The van der Waals surface area contributed by atoms with Crippen molar-refractivity contribution in [1.29, 1.82) is 0 Å². The number of rotatable bonds is 12. The summed E-state index contributed by atoms with van der Waals surface area (Å²) < 4.78 is 13.3. The molecule has 390 valence electrons. The van der Waals surface area contributed by atoms with E-state index in [0.29, 0.717) is 49.0 Å². The number of piperazine rings is 2. The van der Waals surface area contributed by atoms with Crippen molar-refractivity contribution in [3.05, 3.63) is 92.0 Å². The molecule has 0 spiro atoms.